The largest absolute Gasteiger partial charge is 0.455 e. The van der Waals surface area contributed by atoms with Crippen LogP contribution in [0.5, 0.6) is 0 Å². The van der Waals surface area contributed by atoms with Crippen molar-refractivity contribution in [2.75, 3.05) is 6.54 Å². The number of amides is 1. The van der Waals surface area contributed by atoms with Gasteiger partial charge in [0.1, 0.15) is 0 Å². The van der Waals surface area contributed by atoms with Crippen LogP contribution in [-0.2, 0) is 8.91 Å². The first kappa shape index (κ1) is 42.1. The molecule has 0 fully saturated rings. The molecule has 0 saturated carbocycles. The second-order valence-electron chi connectivity index (χ2n) is 14.6. The van der Waals surface area contributed by atoms with Crippen molar-refractivity contribution in [3.05, 3.63) is 38.0 Å². The van der Waals surface area contributed by atoms with Crippen LogP contribution in [-0.4, -0.2) is 29.1 Å². The SMILES string of the molecule is C=CCC(CC=C)(CC=C)CCCCCCCCCNC(=O)CCCCCCCCCC[Si](C)(C)O[Si](C)(C)CCCC. The van der Waals surface area contributed by atoms with Crippen molar-refractivity contribution in [1.82, 2.24) is 5.32 Å². The summed E-state index contributed by atoms with van der Waals surface area (Å²) in [6.45, 7) is 24.7. The maximum absolute atomic E-state index is 12.2. The Morgan fingerprint density at radius 3 is 1.53 bits per heavy atom. The summed E-state index contributed by atoms with van der Waals surface area (Å²) in [5.74, 6) is 0.247. The van der Waals surface area contributed by atoms with Gasteiger partial charge >= 0.3 is 0 Å². The molecular weight excluding hydrogens is 559 g/mol. The van der Waals surface area contributed by atoms with E-state index in [2.05, 4.69) is 76.4 Å². The highest BCUT2D eigenvalue weighted by Gasteiger charge is 2.32. The van der Waals surface area contributed by atoms with Crippen LogP contribution in [0.4, 0.5) is 0 Å². The van der Waals surface area contributed by atoms with E-state index in [1.807, 2.05) is 0 Å². The lowest BCUT2D eigenvalue weighted by Crippen LogP contribution is -2.44. The lowest BCUT2D eigenvalue weighted by Gasteiger charge is -2.34. The number of unbranched alkanes of at least 4 members (excludes halogenated alkanes) is 14. The Hall–Kier alpha value is -0.916. The normalized spacial score (nSPS) is 12.3. The maximum Gasteiger partial charge on any atom is 0.219 e. The van der Waals surface area contributed by atoms with E-state index in [1.54, 1.807) is 0 Å². The van der Waals surface area contributed by atoms with Crippen molar-refractivity contribution in [3.63, 3.8) is 0 Å². The summed E-state index contributed by atoms with van der Waals surface area (Å²) in [5, 5.41) is 3.14. The van der Waals surface area contributed by atoms with E-state index in [4.69, 9.17) is 4.12 Å². The maximum atomic E-state index is 12.2. The molecule has 0 aromatic heterocycles. The fraction of sp³-hybridized carbons (Fsp3) is 0.816. The molecule has 0 saturated heterocycles. The summed E-state index contributed by atoms with van der Waals surface area (Å²) in [6, 6.07) is 2.63. The minimum atomic E-state index is -1.50. The Kier molecular flexibility index (Phi) is 25.8. The summed E-state index contributed by atoms with van der Waals surface area (Å²) < 4.78 is 6.74. The molecule has 0 radical (unpaired) electrons. The Balaban J connectivity index is 3.63. The molecule has 1 amide bonds. The monoisotopic (exact) mass is 634 g/mol. The molecule has 252 valence electrons. The van der Waals surface area contributed by atoms with Gasteiger partial charge in [-0.2, -0.15) is 0 Å². The van der Waals surface area contributed by atoms with Crippen LogP contribution in [0.1, 0.15) is 148 Å². The first-order valence-corrected chi connectivity index (χ1v) is 24.6. The number of carbonyl (C=O) groups excluding carboxylic acids is 1. The summed E-state index contributed by atoms with van der Waals surface area (Å²) in [6.07, 6.45) is 32.8. The standard InChI is InChI=1S/C38H75NO2Si2/c1-9-13-35-42(5,6)41-43(7,8)36-28-24-20-15-14-17-21-25-29-37(40)39-34-27-23-19-16-18-22-26-33-38(30-10-2,31-11-3)32-12-4/h10-12H,2-4,9,13-36H2,1,5-8H3,(H,39,40). The molecule has 0 aliphatic carbocycles. The Morgan fingerprint density at radius 1 is 0.628 bits per heavy atom. The number of rotatable bonds is 32. The highest BCUT2D eigenvalue weighted by Crippen LogP contribution is 2.38. The third-order valence-electron chi connectivity index (χ3n) is 9.06. The second-order valence-corrected chi connectivity index (χ2v) is 23.5. The van der Waals surface area contributed by atoms with Crippen LogP contribution in [0.3, 0.4) is 0 Å². The lowest BCUT2D eigenvalue weighted by molar-refractivity contribution is -0.121. The van der Waals surface area contributed by atoms with Crippen LogP contribution >= 0.6 is 0 Å². The smallest absolute Gasteiger partial charge is 0.219 e. The molecule has 0 aliphatic rings. The lowest BCUT2D eigenvalue weighted by atomic mass is 9.74. The Bertz CT molecular complexity index is 692. The molecule has 5 heteroatoms. The van der Waals surface area contributed by atoms with Gasteiger partial charge in [-0.05, 0) is 82.2 Å². The molecule has 0 unspecified atom stereocenters. The van der Waals surface area contributed by atoms with Crippen molar-refractivity contribution >= 4 is 22.5 Å². The third kappa shape index (κ3) is 25.0. The zero-order chi connectivity index (χ0) is 32.3. The van der Waals surface area contributed by atoms with Gasteiger partial charge in [-0.15, -0.1) is 19.7 Å². The number of hydrogen-bond donors (Lipinski definition) is 1. The van der Waals surface area contributed by atoms with Crippen molar-refractivity contribution in [2.45, 2.75) is 186 Å². The summed E-state index contributed by atoms with van der Waals surface area (Å²) in [7, 11) is -2.97. The molecule has 0 heterocycles. The summed E-state index contributed by atoms with van der Waals surface area (Å²) in [4.78, 5) is 12.2. The topological polar surface area (TPSA) is 38.3 Å². The highest BCUT2D eigenvalue weighted by molar-refractivity contribution is 6.84. The molecule has 43 heavy (non-hydrogen) atoms. The van der Waals surface area contributed by atoms with Crippen molar-refractivity contribution < 1.29 is 8.91 Å². The van der Waals surface area contributed by atoms with Gasteiger partial charge in [0, 0.05) is 13.0 Å². The van der Waals surface area contributed by atoms with Gasteiger partial charge in [-0.25, -0.2) is 0 Å². The van der Waals surface area contributed by atoms with Gasteiger partial charge in [0.25, 0.3) is 0 Å². The molecule has 3 nitrogen and oxygen atoms in total. The first-order chi connectivity index (χ1) is 20.6. The molecule has 0 aliphatic heterocycles. The van der Waals surface area contributed by atoms with E-state index in [0.29, 0.717) is 6.42 Å². The van der Waals surface area contributed by atoms with E-state index in [1.165, 1.54) is 115 Å². The predicted octanol–water partition coefficient (Wildman–Crippen LogP) is 12.7. The Morgan fingerprint density at radius 2 is 1.05 bits per heavy atom. The molecule has 0 spiro atoms. The summed E-state index contributed by atoms with van der Waals surface area (Å²) >= 11 is 0. The van der Waals surface area contributed by atoms with Crippen molar-refractivity contribution in [1.29, 1.82) is 0 Å². The van der Waals surface area contributed by atoms with Gasteiger partial charge in [0.15, 0.2) is 16.6 Å². The average molecular weight is 634 g/mol. The van der Waals surface area contributed by atoms with Crippen molar-refractivity contribution in [3.8, 4) is 0 Å². The van der Waals surface area contributed by atoms with Crippen LogP contribution < -0.4 is 5.32 Å². The Labute approximate surface area is 272 Å². The number of allylic oxidation sites excluding steroid dienone is 3. The van der Waals surface area contributed by atoms with E-state index in [9.17, 15) is 4.79 Å². The predicted molar refractivity (Wildman–Crippen MR) is 199 cm³/mol. The quantitative estimate of drug-likeness (QED) is 0.0454. The van der Waals surface area contributed by atoms with E-state index >= 15 is 0 Å². The average Bonchev–Trinajstić information content (AvgIpc) is 2.93. The zero-order valence-corrected chi connectivity index (χ0v) is 31.8. The third-order valence-corrected chi connectivity index (χ3v) is 16.6. The zero-order valence-electron chi connectivity index (χ0n) is 29.8. The van der Waals surface area contributed by atoms with Crippen LogP contribution in [0.15, 0.2) is 38.0 Å². The fourth-order valence-electron chi connectivity index (χ4n) is 6.65. The molecule has 0 atom stereocenters. The van der Waals surface area contributed by atoms with Gasteiger partial charge in [0.2, 0.25) is 5.91 Å². The number of hydrogen-bond acceptors (Lipinski definition) is 2. The highest BCUT2D eigenvalue weighted by atomic mass is 28.4. The minimum Gasteiger partial charge on any atom is -0.455 e. The molecule has 0 bridgehead atoms. The van der Waals surface area contributed by atoms with Gasteiger partial charge in [-0.3, -0.25) is 4.79 Å². The van der Waals surface area contributed by atoms with Crippen LogP contribution in [0.25, 0.3) is 0 Å². The number of carbonyl (C=O) groups is 1. The van der Waals surface area contributed by atoms with Gasteiger partial charge in [0.05, 0.1) is 0 Å². The molecule has 1 N–H and O–H groups in total. The molecular formula is C38H75NO2Si2. The van der Waals surface area contributed by atoms with E-state index < -0.39 is 16.6 Å². The van der Waals surface area contributed by atoms with Gasteiger partial charge in [-0.1, -0.05) is 121 Å². The first-order valence-electron chi connectivity index (χ1n) is 18.3. The summed E-state index contributed by atoms with van der Waals surface area (Å²) in [5.41, 5.74) is 0.282. The second kappa shape index (κ2) is 26.3. The molecule has 0 rings (SSSR count). The van der Waals surface area contributed by atoms with E-state index in [0.717, 1.165) is 38.6 Å². The minimum absolute atomic E-state index is 0.247. The molecule has 0 aromatic rings. The molecule has 0 aromatic carbocycles. The fourth-order valence-corrected chi connectivity index (χ4v) is 15.8. The van der Waals surface area contributed by atoms with Crippen LogP contribution in [0.2, 0.25) is 38.3 Å². The van der Waals surface area contributed by atoms with Gasteiger partial charge < -0.3 is 9.43 Å². The van der Waals surface area contributed by atoms with Crippen LogP contribution in [0, 0.1) is 5.41 Å². The van der Waals surface area contributed by atoms with E-state index in [-0.39, 0.29) is 11.3 Å². The van der Waals surface area contributed by atoms with Crippen molar-refractivity contribution in [2.24, 2.45) is 5.41 Å². The number of nitrogens with one attached hydrogen (secondary N) is 1.